The van der Waals surface area contributed by atoms with Crippen LogP contribution in [0.15, 0.2) is 18.2 Å². The van der Waals surface area contributed by atoms with Crippen LogP contribution in [0.4, 0.5) is 8.78 Å². The van der Waals surface area contributed by atoms with Crippen LogP contribution < -0.4 is 0 Å². The topological polar surface area (TPSA) is 54.5 Å². The zero-order valence-electron chi connectivity index (χ0n) is 11.1. The molecule has 0 radical (unpaired) electrons. The first-order chi connectivity index (χ1) is 9.22. The molecule has 1 saturated heterocycles. The van der Waals surface area contributed by atoms with Crippen molar-refractivity contribution in [3.8, 4) is 0 Å². The molecule has 20 heavy (non-hydrogen) atoms. The molecule has 1 aromatic carbocycles. The Labute approximate surface area is 114 Å². The number of amides is 2. The number of carbonyl (C=O) groups excluding carboxylic acids is 3. The molecule has 0 atom stereocenters. The van der Waals surface area contributed by atoms with Crippen molar-refractivity contribution in [2.75, 3.05) is 6.54 Å². The van der Waals surface area contributed by atoms with Crippen LogP contribution in [0.2, 0.25) is 0 Å². The molecule has 2 rings (SSSR count). The second-order valence-electron chi connectivity index (χ2n) is 5.39. The van der Waals surface area contributed by atoms with Crippen molar-refractivity contribution in [2.45, 2.75) is 20.3 Å². The van der Waals surface area contributed by atoms with E-state index < -0.39 is 46.8 Å². The molecule has 6 heteroatoms. The molecule has 2 amide bonds. The molecule has 1 aliphatic rings. The van der Waals surface area contributed by atoms with Gasteiger partial charge in [-0.05, 0) is 18.2 Å². The molecular formula is C14H13F2NO3. The van der Waals surface area contributed by atoms with Gasteiger partial charge in [-0.2, -0.15) is 0 Å². The summed E-state index contributed by atoms with van der Waals surface area (Å²) in [4.78, 5) is 36.4. The predicted octanol–water partition coefficient (Wildman–Crippen LogP) is 1.93. The largest absolute Gasteiger partial charge is 0.292 e. The Morgan fingerprint density at radius 1 is 1.30 bits per heavy atom. The standard InChI is InChI=1S/C14H13F2NO3/c1-14(2)6-12(19)17(13(14)20)7-11(18)9-5-8(15)3-4-10(9)16/h3-5H,6-7H2,1-2H3. The number of imide groups is 1. The van der Waals surface area contributed by atoms with Gasteiger partial charge in [0.15, 0.2) is 5.78 Å². The Morgan fingerprint density at radius 3 is 2.50 bits per heavy atom. The highest BCUT2D eigenvalue weighted by atomic mass is 19.1. The van der Waals surface area contributed by atoms with E-state index in [1.165, 1.54) is 0 Å². The Hall–Kier alpha value is -2.11. The van der Waals surface area contributed by atoms with E-state index in [1.807, 2.05) is 0 Å². The van der Waals surface area contributed by atoms with Crippen LogP contribution in [-0.2, 0) is 9.59 Å². The van der Waals surface area contributed by atoms with Crippen molar-refractivity contribution in [1.82, 2.24) is 4.90 Å². The number of benzene rings is 1. The van der Waals surface area contributed by atoms with Crippen LogP contribution >= 0.6 is 0 Å². The number of nitrogens with zero attached hydrogens (tertiary/aromatic N) is 1. The summed E-state index contributed by atoms with van der Waals surface area (Å²) in [5.41, 5.74) is -1.33. The Kier molecular flexibility index (Phi) is 3.41. The molecule has 106 valence electrons. The summed E-state index contributed by atoms with van der Waals surface area (Å²) in [6, 6.07) is 2.48. The minimum absolute atomic E-state index is 0.00471. The van der Waals surface area contributed by atoms with Gasteiger partial charge in [0.1, 0.15) is 11.6 Å². The molecule has 0 aliphatic carbocycles. The van der Waals surface area contributed by atoms with Gasteiger partial charge in [0.2, 0.25) is 11.8 Å². The quantitative estimate of drug-likeness (QED) is 0.628. The molecule has 0 unspecified atom stereocenters. The molecule has 1 heterocycles. The Balaban J connectivity index is 2.22. The molecule has 4 nitrogen and oxygen atoms in total. The minimum atomic E-state index is -0.880. The number of carbonyl (C=O) groups is 3. The van der Waals surface area contributed by atoms with Gasteiger partial charge in [0.25, 0.3) is 0 Å². The fraction of sp³-hybridized carbons (Fsp3) is 0.357. The zero-order valence-corrected chi connectivity index (χ0v) is 11.1. The molecule has 0 N–H and O–H groups in total. The number of rotatable bonds is 3. The lowest BCUT2D eigenvalue weighted by molar-refractivity contribution is -0.140. The fourth-order valence-corrected chi connectivity index (χ4v) is 2.13. The van der Waals surface area contributed by atoms with Crippen LogP contribution in [0.1, 0.15) is 30.6 Å². The highest BCUT2D eigenvalue weighted by molar-refractivity contribution is 6.10. The van der Waals surface area contributed by atoms with Gasteiger partial charge in [-0.25, -0.2) is 8.78 Å². The van der Waals surface area contributed by atoms with E-state index in [4.69, 9.17) is 0 Å². The van der Waals surface area contributed by atoms with Gasteiger partial charge in [0.05, 0.1) is 17.5 Å². The molecular weight excluding hydrogens is 268 g/mol. The summed E-state index contributed by atoms with van der Waals surface area (Å²) < 4.78 is 26.5. The van der Waals surface area contributed by atoms with Crippen molar-refractivity contribution >= 4 is 17.6 Å². The zero-order chi connectivity index (χ0) is 15.1. The second kappa shape index (κ2) is 4.77. The van der Waals surface area contributed by atoms with Crippen LogP contribution in [0, 0.1) is 17.0 Å². The van der Waals surface area contributed by atoms with E-state index in [0.717, 1.165) is 23.1 Å². The first kappa shape index (κ1) is 14.3. The highest BCUT2D eigenvalue weighted by Crippen LogP contribution is 2.31. The molecule has 1 aliphatic heterocycles. The third-order valence-electron chi connectivity index (χ3n) is 3.25. The van der Waals surface area contributed by atoms with Gasteiger partial charge in [-0.3, -0.25) is 19.3 Å². The van der Waals surface area contributed by atoms with Gasteiger partial charge in [0, 0.05) is 6.42 Å². The molecule has 0 saturated carbocycles. The van der Waals surface area contributed by atoms with Crippen molar-refractivity contribution in [3.05, 3.63) is 35.4 Å². The number of halogens is 2. The molecule has 1 fully saturated rings. The number of ketones is 1. The summed E-state index contributed by atoms with van der Waals surface area (Å²) in [6.45, 7) is 2.63. The normalized spacial score (nSPS) is 17.7. The van der Waals surface area contributed by atoms with E-state index >= 15 is 0 Å². The molecule has 1 aromatic rings. The smallest absolute Gasteiger partial charge is 0.235 e. The van der Waals surface area contributed by atoms with Crippen LogP contribution in [0.3, 0.4) is 0 Å². The van der Waals surface area contributed by atoms with E-state index in [-0.39, 0.29) is 6.42 Å². The maximum Gasteiger partial charge on any atom is 0.235 e. The van der Waals surface area contributed by atoms with Crippen LogP contribution in [0.25, 0.3) is 0 Å². The van der Waals surface area contributed by atoms with Gasteiger partial charge >= 0.3 is 0 Å². The van der Waals surface area contributed by atoms with E-state index in [0.29, 0.717) is 0 Å². The summed E-state index contributed by atoms with van der Waals surface area (Å²) >= 11 is 0. The fourth-order valence-electron chi connectivity index (χ4n) is 2.13. The summed E-state index contributed by atoms with van der Waals surface area (Å²) in [5.74, 6) is -3.40. The van der Waals surface area contributed by atoms with Gasteiger partial charge in [-0.1, -0.05) is 13.8 Å². The van der Waals surface area contributed by atoms with Gasteiger partial charge < -0.3 is 0 Å². The average molecular weight is 281 g/mol. The lowest BCUT2D eigenvalue weighted by Crippen LogP contribution is -2.37. The van der Waals surface area contributed by atoms with E-state index in [2.05, 4.69) is 0 Å². The Bertz CT molecular complexity index is 610. The lowest BCUT2D eigenvalue weighted by Gasteiger charge is -2.17. The highest BCUT2D eigenvalue weighted by Gasteiger charge is 2.45. The third kappa shape index (κ3) is 2.45. The first-order valence-corrected chi connectivity index (χ1v) is 6.05. The van der Waals surface area contributed by atoms with Gasteiger partial charge in [-0.15, -0.1) is 0 Å². The first-order valence-electron chi connectivity index (χ1n) is 6.05. The second-order valence-corrected chi connectivity index (χ2v) is 5.39. The summed E-state index contributed by atoms with van der Waals surface area (Å²) in [7, 11) is 0. The predicted molar refractivity (Wildman–Crippen MR) is 65.8 cm³/mol. The lowest BCUT2D eigenvalue weighted by atomic mass is 9.92. The van der Waals surface area contributed by atoms with E-state index in [9.17, 15) is 23.2 Å². The van der Waals surface area contributed by atoms with E-state index in [1.54, 1.807) is 13.8 Å². The van der Waals surface area contributed by atoms with Crippen LogP contribution in [-0.4, -0.2) is 29.0 Å². The van der Waals surface area contributed by atoms with Crippen molar-refractivity contribution in [2.24, 2.45) is 5.41 Å². The molecule has 0 spiro atoms. The molecule has 0 aromatic heterocycles. The third-order valence-corrected chi connectivity index (χ3v) is 3.25. The monoisotopic (exact) mass is 281 g/mol. The number of hydrogen-bond acceptors (Lipinski definition) is 3. The average Bonchev–Trinajstić information content (AvgIpc) is 2.54. The van der Waals surface area contributed by atoms with Crippen LogP contribution in [0.5, 0.6) is 0 Å². The minimum Gasteiger partial charge on any atom is -0.292 e. The number of Topliss-reactive ketones (excluding diaryl/α,β-unsaturated/α-hetero) is 1. The maximum absolute atomic E-state index is 13.5. The summed E-state index contributed by atoms with van der Waals surface area (Å²) in [5, 5.41) is 0. The Morgan fingerprint density at radius 2 is 1.95 bits per heavy atom. The number of likely N-dealkylation sites (tertiary alicyclic amines) is 1. The number of hydrogen-bond donors (Lipinski definition) is 0. The molecule has 0 bridgehead atoms. The summed E-state index contributed by atoms with van der Waals surface area (Å²) in [6.07, 6.45) is 0.00471. The SMILES string of the molecule is CC1(C)CC(=O)N(CC(=O)c2cc(F)ccc2F)C1=O. The van der Waals surface area contributed by atoms with Crippen molar-refractivity contribution in [1.29, 1.82) is 0 Å². The van der Waals surface area contributed by atoms with Crippen molar-refractivity contribution < 1.29 is 23.2 Å². The maximum atomic E-state index is 13.5. The van der Waals surface area contributed by atoms with Crippen molar-refractivity contribution in [3.63, 3.8) is 0 Å².